The van der Waals surface area contributed by atoms with Gasteiger partial charge in [0.15, 0.2) is 0 Å². The van der Waals surface area contributed by atoms with Crippen LogP contribution in [0.2, 0.25) is 0 Å². The Balaban J connectivity index is 2.13. The van der Waals surface area contributed by atoms with Gasteiger partial charge >= 0.3 is 0 Å². The van der Waals surface area contributed by atoms with E-state index in [1.807, 2.05) is 0 Å². The van der Waals surface area contributed by atoms with Gasteiger partial charge in [0.25, 0.3) is 0 Å². The van der Waals surface area contributed by atoms with Crippen LogP contribution in [-0.4, -0.2) is 15.0 Å². The number of hydrogen-bond acceptors (Lipinski definition) is 3. The van der Waals surface area contributed by atoms with E-state index < -0.39 is 10.0 Å². The number of sulfonamides is 1. The molecule has 0 heterocycles. The first kappa shape index (κ1) is 16.8. The van der Waals surface area contributed by atoms with Crippen LogP contribution in [0.3, 0.4) is 0 Å². The number of aryl methyl sites for hydroxylation is 1. The maximum absolute atomic E-state index is 12.5. The Kier molecular flexibility index (Phi) is 5.33. The van der Waals surface area contributed by atoms with Crippen LogP contribution in [0.1, 0.15) is 38.2 Å². The molecule has 1 saturated carbocycles. The van der Waals surface area contributed by atoms with Crippen LogP contribution in [0.25, 0.3) is 0 Å². The van der Waals surface area contributed by atoms with Crippen LogP contribution in [0.4, 0.5) is 5.69 Å². The lowest BCUT2D eigenvalue weighted by Gasteiger charge is -2.28. The van der Waals surface area contributed by atoms with Crippen LogP contribution < -0.4 is 10.5 Å². The zero-order chi connectivity index (χ0) is 15.6. The van der Waals surface area contributed by atoms with E-state index in [0.29, 0.717) is 29.6 Å². The van der Waals surface area contributed by atoms with E-state index >= 15 is 0 Å². The summed E-state index contributed by atoms with van der Waals surface area (Å²) in [6.45, 7) is 4.50. The molecule has 3 N–H and O–H groups in total. The Labute approximate surface area is 135 Å². The van der Waals surface area contributed by atoms with Gasteiger partial charge in [-0.15, -0.1) is 0 Å². The normalized spacial score (nSPS) is 23.2. The van der Waals surface area contributed by atoms with Crippen molar-refractivity contribution >= 4 is 31.6 Å². The number of nitrogen functional groups attached to an aromatic ring is 1. The quantitative estimate of drug-likeness (QED) is 0.792. The van der Waals surface area contributed by atoms with Crippen LogP contribution in [0.15, 0.2) is 21.5 Å². The van der Waals surface area contributed by atoms with Crippen molar-refractivity contribution in [1.82, 2.24) is 4.72 Å². The van der Waals surface area contributed by atoms with Gasteiger partial charge in [-0.05, 0) is 58.8 Å². The molecule has 118 valence electrons. The van der Waals surface area contributed by atoms with Gasteiger partial charge in [0.2, 0.25) is 10.0 Å². The SMILES string of the molecule is Cc1cc(Br)c(N)cc1S(=O)(=O)NCC1CCCCC1C. The molecule has 0 amide bonds. The number of nitrogens with two attached hydrogens (primary N) is 1. The maximum Gasteiger partial charge on any atom is 0.240 e. The molecule has 4 nitrogen and oxygen atoms in total. The number of anilines is 1. The molecule has 0 spiro atoms. The Bertz CT molecular complexity index is 616. The summed E-state index contributed by atoms with van der Waals surface area (Å²) in [5, 5.41) is 0. The zero-order valence-corrected chi connectivity index (χ0v) is 14.9. The molecule has 0 radical (unpaired) electrons. The fourth-order valence-electron chi connectivity index (χ4n) is 2.95. The maximum atomic E-state index is 12.5. The molecule has 2 atom stereocenters. The summed E-state index contributed by atoms with van der Waals surface area (Å²) in [5.41, 5.74) is 6.94. The van der Waals surface area contributed by atoms with Gasteiger partial charge in [-0.1, -0.05) is 26.2 Å². The fraction of sp³-hybridized carbons (Fsp3) is 0.600. The molecule has 0 aromatic heterocycles. The molecule has 1 aromatic rings. The number of nitrogens with one attached hydrogen (secondary N) is 1. The lowest BCUT2D eigenvalue weighted by atomic mass is 9.81. The second kappa shape index (κ2) is 6.67. The molecule has 0 bridgehead atoms. The summed E-state index contributed by atoms with van der Waals surface area (Å²) < 4.78 is 28.5. The number of hydrogen-bond donors (Lipinski definition) is 2. The predicted molar refractivity (Wildman–Crippen MR) is 89.6 cm³/mol. The lowest BCUT2D eigenvalue weighted by molar-refractivity contribution is 0.257. The van der Waals surface area contributed by atoms with E-state index in [1.165, 1.54) is 25.3 Å². The van der Waals surface area contributed by atoms with E-state index in [1.54, 1.807) is 13.0 Å². The monoisotopic (exact) mass is 374 g/mol. The first-order chi connectivity index (χ1) is 9.81. The lowest BCUT2D eigenvalue weighted by Crippen LogP contribution is -2.33. The van der Waals surface area contributed by atoms with Gasteiger partial charge in [0, 0.05) is 16.7 Å². The van der Waals surface area contributed by atoms with Crippen molar-refractivity contribution in [3.8, 4) is 0 Å². The minimum Gasteiger partial charge on any atom is -0.398 e. The number of benzene rings is 1. The summed E-state index contributed by atoms with van der Waals surface area (Å²) in [4.78, 5) is 0.270. The van der Waals surface area contributed by atoms with Crippen molar-refractivity contribution < 1.29 is 8.42 Å². The van der Waals surface area contributed by atoms with Crippen LogP contribution in [0.5, 0.6) is 0 Å². The number of rotatable bonds is 4. The summed E-state index contributed by atoms with van der Waals surface area (Å²) >= 11 is 3.32. The van der Waals surface area contributed by atoms with Gasteiger partial charge in [0.05, 0.1) is 4.90 Å². The molecule has 21 heavy (non-hydrogen) atoms. The standard InChI is InChI=1S/C15H23BrN2O2S/c1-10-5-3-4-6-12(10)9-18-21(19,20)15-8-14(17)13(16)7-11(15)2/h7-8,10,12,18H,3-6,9,17H2,1-2H3. The Morgan fingerprint density at radius 1 is 1.33 bits per heavy atom. The van der Waals surface area contributed by atoms with Crippen molar-refractivity contribution in [3.05, 3.63) is 22.2 Å². The van der Waals surface area contributed by atoms with Gasteiger partial charge in [-0.2, -0.15) is 0 Å². The minimum absolute atomic E-state index is 0.270. The van der Waals surface area contributed by atoms with Crippen LogP contribution in [0, 0.1) is 18.8 Å². The van der Waals surface area contributed by atoms with E-state index in [0.717, 1.165) is 10.9 Å². The second-order valence-corrected chi connectivity index (χ2v) is 8.60. The van der Waals surface area contributed by atoms with Gasteiger partial charge in [-0.3, -0.25) is 0 Å². The molecule has 2 unspecified atom stereocenters. The molecular weight excluding hydrogens is 352 g/mol. The van der Waals surface area contributed by atoms with Crippen LogP contribution in [-0.2, 0) is 10.0 Å². The van der Waals surface area contributed by atoms with Crippen LogP contribution >= 0.6 is 15.9 Å². The second-order valence-electron chi connectivity index (χ2n) is 6.01. The largest absolute Gasteiger partial charge is 0.398 e. The van der Waals surface area contributed by atoms with E-state index in [-0.39, 0.29) is 4.90 Å². The molecule has 6 heteroatoms. The molecule has 0 saturated heterocycles. The molecule has 2 rings (SSSR count). The van der Waals surface area contributed by atoms with Gasteiger partial charge in [-0.25, -0.2) is 13.1 Å². The molecule has 1 aliphatic rings. The Morgan fingerprint density at radius 3 is 2.67 bits per heavy atom. The molecule has 1 aromatic carbocycles. The highest BCUT2D eigenvalue weighted by atomic mass is 79.9. The molecule has 1 aliphatic carbocycles. The highest BCUT2D eigenvalue weighted by Crippen LogP contribution is 2.30. The minimum atomic E-state index is -3.50. The van der Waals surface area contributed by atoms with E-state index in [2.05, 4.69) is 27.6 Å². The van der Waals surface area contributed by atoms with Gasteiger partial charge in [0.1, 0.15) is 0 Å². The summed E-state index contributed by atoms with van der Waals surface area (Å²) in [6.07, 6.45) is 4.75. The first-order valence-corrected chi connectivity index (χ1v) is 9.64. The third-order valence-corrected chi connectivity index (χ3v) is 6.66. The molecule has 1 fully saturated rings. The zero-order valence-electron chi connectivity index (χ0n) is 12.5. The summed E-state index contributed by atoms with van der Waals surface area (Å²) in [7, 11) is -3.50. The van der Waals surface area contributed by atoms with Crippen molar-refractivity contribution in [3.63, 3.8) is 0 Å². The number of halogens is 1. The molecular formula is C15H23BrN2O2S. The summed E-state index contributed by atoms with van der Waals surface area (Å²) in [6, 6.07) is 3.26. The summed E-state index contributed by atoms with van der Waals surface area (Å²) in [5.74, 6) is 1.01. The predicted octanol–water partition coefficient (Wildman–Crippen LogP) is 3.44. The fourth-order valence-corrected chi connectivity index (χ4v) is 4.76. The average molecular weight is 375 g/mol. The van der Waals surface area contributed by atoms with E-state index in [9.17, 15) is 8.42 Å². The Hall–Kier alpha value is -0.590. The Morgan fingerprint density at radius 2 is 2.00 bits per heavy atom. The highest BCUT2D eigenvalue weighted by Gasteiger charge is 2.24. The molecule has 0 aliphatic heterocycles. The van der Waals surface area contributed by atoms with Crippen molar-refractivity contribution in [2.75, 3.05) is 12.3 Å². The highest BCUT2D eigenvalue weighted by molar-refractivity contribution is 9.10. The van der Waals surface area contributed by atoms with Crippen molar-refractivity contribution in [1.29, 1.82) is 0 Å². The third kappa shape index (κ3) is 3.99. The third-order valence-electron chi connectivity index (χ3n) is 4.41. The first-order valence-electron chi connectivity index (χ1n) is 7.36. The van der Waals surface area contributed by atoms with Crippen molar-refractivity contribution in [2.45, 2.75) is 44.4 Å². The van der Waals surface area contributed by atoms with Crippen molar-refractivity contribution in [2.24, 2.45) is 11.8 Å². The average Bonchev–Trinajstić information content (AvgIpc) is 2.42. The topological polar surface area (TPSA) is 72.2 Å². The smallest absolute Gasteiger partial charge is 0.240 e. The van der Waals surface area contributed by atoms with E-state index in [4.69, 9.17) is 5.73 Å². The van der Waals surface area contributed by atoms with Gasteiger partial charge < -0.3 is 5.73 Å².